The van der Waals surface area contributed by atoms with Crippen LogP contribution in [0.1, 0.15) is 32.3 Å². The summed E-state index contributed by atoms with van der Waals surface area (Å²) in [4.78, 5) is 12.8. The lowest BCUT2D eigenvalue weighted by Gasteiger charge is -2.29. The van der Waals surface area contributed by atoms with Crippen molar-refractivity contribution < 1.29 is 13.2 Å². The van der Waals surface area contributed by atoms with Gasteiger partial charge in [0.05, 0.1) is 11.9 Å². The van der Waals surface area contributed by atoms with Crippen molar-refractivity contribution in [2.45, 2.75) is 32.7 Å². The van der Waals surface area contributed by atoms with Gasteiger partial charge in [0.1, 0.15) is 6.04 Å². The highest BCUT2D eigenvalue weighted by molar-refractivity contribution is 7.92. The van der Waals surface area contributed by atoms with E-state index in [1.54, 1.807) is 6.07 Å². The Bertz CT molecular complexity index is 925. The van der Waals surface area contributed by atoms with Gasteiger partial charge in [-0.3, -0.25) is 9.10 Å². The van der Waals surface area contributed by atoms with Gasteiger partial charge in [0.2, 0.25) is 15.9 Å². The van der Waals surface area contributed by atoms with Crippen molar-refractivity contribution in [1.29, 1.82) is 0 Å². The zero-order chi connectivity index (χ0) is 20.4. The number of hydrogen-bond donors (Lipinski definition) is 1. The first kappa shape index (κ1) is 21.5. The van der Waals surface area contributed by atoms with E-state index in [1.165, 1.54) is 25.1 Å². The highest BCUT2D eigenvalue weighted by atomic mass is 35.5. The van der Waals surface area contributed by atoms with Crippen LogP contribution >= 0.6 is 23.2 Å². The van der Waals surface area contributed by atoms with Crippen LogP contribution < -0.4 is 9.62 Å². The second-order valence-corrected chi connectivity index (χ2v) is 9.33. The van der Waals surface area contributed by atoms with Crippen LogP contribution in [0.4, 0.5) is 11.4 Å². The van der Waals surface area contributed by atoms with Gasteiger partial charge in [-0.2, -0.15) is 0 Å². The van der Waals surface area contributed by atoms with E-state index in [0.29, 0.717) is 5.69 Å². The van der Waals surface area contributed by atoms with E-state index >= 15 is 0 Å². The molecule has 0 aromatic heterocycles. The second-order valence-electron chi connectivity index (χ2n) is 6.59. The Labute approximate surface area is 170 Å². The fourth-order valence-corrected chi connectivity index (χ4v) is 4.50. The number of rotatable bonds is 6. The Morgan fingerprint density at radius 3 is 2.11 bits per heavy atom. The molecule has 8 heteroatoms. The summed E-state index contributed by atoms with van der Waals surface area (Å²) in [6, 6.07) is 10.8. The number of carbonyl (C=O) groups is 1. The molecule has 0 fully saturated rings. The van der Waals surface area contributed by atoms with Crippen molar-refractivity contribution in [2.75, 3.05) is 15.9 Å². The minimum atomic E-state index is -3.76. The molecule has 0 spiro atoms. The van der Waals surface area contributed by atoms with Crippen molar-refractivity contribution in [1.82, 2.24) is 0 Å². The summed E-state index contributed by atoms with van der Waals surface area (Å²) in [7, 11) is -3.76. The van der Waals surface area contributed by atoms with Gasteiger partial charge in [0.25, 0.3) is 0 Å². The monoisotopic (exact) mass is 428 g/mol. The van der Waals surface area contributed by atoms with Gasteiger partial charge in [0, 0.05) is 15.7 Å². The van der Waals surface area contributed by atoms with Crippen LogP contribution in [-0.4, -0.2) is 26.6 Å². The van der Waals surface area contributed by atoms with E-state index in [4.69, 9.17) is 23.2 Å². The Hall–Kier alpha value is -1.76. The molecule has 1 atom stereocenters. The fraction of sp³-hybridized carbons (Fsp3) is 0.316. The van der Waals surface area contributed by atoms with Crippen LogP contribution in [0.3, 0.4) is 0 Å². The molecule has 146 valence electrons. The topological polar surface area (TPSA) is 66.5 Å². The molecule has 2 rings (SSSR count). The van der Waals surface area contributed by atoms with E-state index in [0.717, 1.165) is 16.1 Å². The van der Waals surface area contributed by atoms with Crippen molar-refractivity contribution in [3.63, 3.8) is 0 Å². The number of para-hydroxylation sites is 1. The molecule has 0 saturated carbocycles. The Balaban J connectivity index is 2.39. The SMILES string of the molecule is CC(C)c1ccccc1NC(=O)[C@H](C)N(c1cc(Cl)cc(Cl)c1)S(C)(=O)=O. The molecule has 0 unspecified atom stereocenters. The van der Waals surface area contributed by atoms with Gasteiger partial charge in [0.15, 0.2) is 0 Å². The molecule has 0 radical (unpaired) electrons. The first-order valence-electron chi connectivity index (χ1n) is 8.36. The molecule has 27 heavy (non-hydrogen) atoms. The molecule has 0 heterocycles. The quantitative estimate of drug-likeness (QED) is 0.710. The summed E-state index contributed by atoms with van der Waals surface area (Å²) in [5.74, 6) is -0.251. The minimum Gasteiger partial charge on any atom is -0.324 e. The molecular weight excluding hydrogens is 407 g/mol. The summed E-state index contributed by atoms with van der Waals surface area (Å²) in [6.07, 6.45) is 1.04. The van der Waals surface area contributed by atoms with Gasteiger partial charge in [-0.1, -0.05) is 55.2 Å². The van der Waals surface area contributed by atoms with Crippen LogP contribution in [0.5, 0.6) is 0 Å². The fourth-order valence-electron chi connectivity index (χ4n) is 2.83. The first-order chi connectivity index (χ1) is 12.5. The van der Waals surface area contributed by atoms with Crippen LogP contribution in [0.2, 0.25) is 10.0 Å². The third-order valence-electron chi connectivity index (χ3n) is 4.03. The maximum absolute atomic E-state index is 12.8. The number of nitrogens with zero attached hydrogens (tertiary/aromatic N) is 1. The Morgan fingerprint density at radius 1 is 1.04 bits per heavy atom. The van der Waals surface area contributed by atoms with Crippen LogP contribution in [0.15, 0.2) is 42.5 Å². The van der Waals surface area contributed by atoms with Crippen molar-refractivity contribution in [3.8, 4) is 0 Å². The third-order valence-corrected chi connectivity index (χ3v) is 5.71. The average molecular weight is 429 g/mol. The molecule has 2 aromatic carbocycles. The zero-order valence-electron chi connectivity index (χ0n) is 15.5. The zero-order valence-corrected chi connectivity index (χ0v) is 17.9. The van der Waals surface area contributed by atoms with Gasteiger partial charge in [-0.15, -0.1) is 0 Å². The second kappa shape index (κ2) is 8.50. The largest absolute Gasteiger partial charge is 0.324 e. The van der Waals surface area contributed by atoms with Crippen molar-refractivity contribution in [2.24, 2.45) is 0 Å². The van der Waals surface area contributed by atoms with E-state index in [-0.39, 0.29) is 21.7 Å². The number of halogens is 2. The van der Waals surface area contributed by atoms with Gasteiger partial charge in [-0.25, -0.2) is 8.42 Å². The predicted octanol–water partition coefficient (Wildman–Crippen LogP) is 4.91. The summed E-state index contributed by atoms with van der Waals surface area (Å²) in [5.41, 5.74) is 1.85. The lowest BCUT2D eigenvalue weighted by Crippen LogP contribution is -2.45. The predicted molar refractivity (Wildman–Crippen MR) is 112 cm³/mol. The Kier molecular flexibility index (Phi) is 6.78. The van der Waals surface area contributed by atoms with E-state index in [2.05, 4.69) is 5.32 Å². The average Bonchev–Trinajstić information content (AvgIpc) is 2.52. The first-order valence-corrected chi connectivity index (χ1v) is 11.0. The highest BCUT2D eigenvalue weighted by Gasteiger charge is 2.30. The minimum absolute atomic E-state index is 0.203. The molecule has 2 aromatic rings. The normalized spacial score (nSPS) is 12.7. The van der Waals surface area contributed by atoms with Gasteiger partial charge in [-0.05, 0) is 42.7 Å². The molecule has 0 saturated heterocycles. The van der Waals surface area contributed by atoms with Crippen molar-refractivity contribution in [3.05, 3.63) is 58.1 Å². The smallest absolute Gasteiger partial charge is 0.248 e. The molecule has 1 amide bonds. The third kappa shape index (κ3) is 5.37. The lowest BCUT2D eigenvalue weighted by molar-refractivity contribution is -0.116. The summed E-state index contributed by atoms with van der Waals surface area (Å²) in [6.45, 7) is 5.56. The van der Waals surface area contributed by atoms with Gasteiger partial charge < -0.3 is 5.32 Å². The van der Waals surface area contributed by atoms with Crippen LogP contribution in [-0.2, 0) is 14.8 Å². The van der Waals surface area contributed by atoms with Crippen LogP contribution in [0, 0.1) is 0 Å². The molecule has 0 aliphatic heterocycles. The summed E-state index contributed by atoms with van der Waals surface area (Å²) in [5, 5.41) is 3.39. The molecule has 1 N–H and O–H groups in total. The summed E-state index contributed by atoms with van der Waals surface area (Å²) >= 11 is 12.0. The highest BCUT2D eigenvalue weighted by Crippen LogP contribution is 2.29. The summed E-state index contributed by atoms with van der Waals surface area (Å²) < 4.78 is 25.8. The van der Waals surface area contributed by atoms with E-state index in [1.807, 2.05) is 32.0 Å². The van der Waals surface area contributed by atoms with E-state index < -0.39 is 22.0 Å². The van der Waals surface area contributed by atoms with Gasteiger partial charge >= 0.3 is 0 Å². The number of anilines is 2. The number of sulfonamides is 1. The van der Waals surface area contributed by atoms with Crippen LogP contribution in [0.25, 0.3) is 0 Å². The number of hydrogen-bond acceptors (Lipinski definition) is 3. The number of carbonyl (C=O) groups excluding carboxylic acids is 1. The number of amides is 1. The molecule has 5 nitrogen and oxygen atoms in total. The molecule has 0 bridgehead atoms. The molecule has 0 aliphatic carbocycles. The maximum atomic E-state index is 12.8. The molecular formula is C19H22Cl2N2O3S. The molecule has 0 aliphatic rings. The number of benzene rings is 2. The maximum Gasteiger partial charge on any atom is 0.248 e. The standard InChI is InChI=1S/C19H22Cl2N2O3S/c1-12(2)17-7-5-6-8-18(17)22-19(24)13(3)23(27(4,25)26)16-10-14(20)9-15(21)11-16/h5-13H,1-4H3,(H,22,24)/t13-/m0/s1. The lowest BCUT2D eigenvalue weighted by atomic mass is 10.0. The Morgan fingerprint density at radius 2 is 1.59 bits per heavy atom. The number of nitrogens with one attached hydrogen (secondary N) is 1. The van der Waals surface area contributed by atoms with E-state index in [9.17, 15) is 13.2 Å². The van der Waals surface area contributed by atoms with Crippen molar-refractivity contribution >= 4 is 50.5 Å².